The summed E-state index contributed by atoms with van der Waals surface area (Å²) in [7, 11) is 0. The number of rotatable bonds is 8. The van der Waals surface area contributed by atoms with Crippen LogP contribution in [0.15, 0.2) is 63.6 Å². The molecule has 10 nitrogen and oxygen atoms in total. The highest BCUT2D eigenvalue weighted by Gasteiger charge is 2.37. The molecule has 10 heteroatoms. The van der Waals surface area contributed by atoms with E-state index < -0.39 is 6.04 Å². The number of carbonyl (C=O) groups is 2. The predicted octanol–water partition coefficient (Wildman–Crippen LogP) is 3.98. The van der Waals surface area contributed by atoms with Crippen LogP contribution in [0.25, 0.3) is 11.6 Å². The third-order valence-electron chi connectivity index (χ3n) is 6.35. The zero-order chi connectivity index (χ0) is 25.1. The van der Waals surface area contributed by atoms with E-state index in [1.54, 1.807) is 24.3 Å². The maximum atomic E-state index is 13.8. The summed E-state index contributed by atoms with van der Waals surface area (Å²) in [5, 5.41) is 15.5. The average molecular weight is 489 g/mol. The molecule has 3 aromatic heterocycles. The van der Waals surface area contributed by atoms with Crippen molar-refractivity contribution in [2.24, 2.45) is 0 Å². The second kappa shape index (κ2) is 10.2. The number of para-hydroxylation sites is 1. The van der Waals surface area contributed by atoms with Crippen LogP contribution in [0, 0.1) is 13.8 Å². The summed E-state index contributed by atoms with van der Waals surface area (Å²) in [5.74, 6) is 1.17. The van der Waals surface area contributed by atoms with E-state index in [9.17, 15) is 9.59 Å². The minimum absolute atomic E-state index is 0.0834. The van der Waals surface area contributed by atoms with Gasteiger partial charge in [-0.2, -0.15) is 4.80 Å². The molecule has 0 unspecified atom stereocenters. The number of amides is 2. The molecule has 1 atom stereocenters. The van der Waals surface area contributed by atoms with E-state index in [0.717, 1.165) is 37.0 Å². The Labute approximate surface area is 208 Å². The smallest absolute Gasteiger partial charge is 0.251 e. The number of tetrazole rings is 1. The first-order valence-electron chi connectivity index (χ1n) is 12.1. The van der Waals surface area contributed by atoms with Gasteiger partial charge in [0.15, 0.2) is 11.8 Å². The van der Waals surface area contributed by atoms with Gasteiger partial charge in [0.1, 0.15) is 18.1 Å². The molecule has 0 spiro atoms. The molecule has 2 amide bonds. The van der Waals surface area contributed by atoms with E-state index >= 15 is 0 Å². The molecular weight excluding hydrogens is 460 g/mol. The van der Waals surface area contributed by atoms with Crippen LogP contribution >= 0.6 is 0 Å². The molecule has 0 saturated heterocycles. The van der Waals surface area contributed by atoms with E-state index in [1.165, 1.54) is 16.0 Å². The molecule has 4 aromatic rings. The summed E-state index contributed by atoms with van der Waals surface area (Å²) in [6.45, 7) is 3.49. The summed E-state index contributed by atoms with van der Waals surface area (Å²) < 4.78 is 11.2. The quantitative estimate of drug-likeness (QED) is 0.398. The molecule has 1 aromatic carbocycles. The number of carbonyl (C=O) groups excluding carboxylic acids is 2. The van der Waals surface area contributed by atoms with Crippen molar-refractivity contribution in [3.05, 3.63) is 71.9 Å². The third-order valence-corrected chi connectivity index (χ3v) is 6.35. The average Bonchev–Trinajstić information content (AvgIpc) is 3.66. The SMILES string of the molecule is Cc1ccc(-c2nnn(CC(=O)N(c3ccccc3C)[C@H](C(=O)NC3CCCC3)c3ccco3)n2)o1. The summed E-state index contributed by atoms with van der Waals surface area (Å²) in [5.41, 5.74) is 1.45. The first-order valence-corrected chi connectivity index (χ1v) is 12.1. The molecule has 0 aliphatic heterocycles. The Morgan fingerprint density at radius 2 is 1.92 bits per heavy atom. The van der Waals surface area contributed by atoms with Gasteiger partial charge in [-0.1, -0.05) is 31.0 Å². The predicted molar refractivity (Wildman–Crippen MR) is 131 cm³/mol. The Hall–Kier alpha value is -4.21. The molecule has 3 heterocycles. The van der Waals surface area contributed by atoms with Crippen molar-refractivity contribution in [3.8, 4) is 11.6 Å². The fourth-order valence-corrected chi connectivity index (χ4v) is 4.58. The molecule has 36 heavy (non-hydrogen) atoms. The largest absolute Gasteiger partial charge is 0.467 e. The van der Waals surface area contributed by atoms with Crippen LogP contribution in [0.5, 0.6) is 0 Å². The molecule has 1 aliphatic carbocycles. The molecule has 0 bridgehead atoms. The Bertz CT molecular complexity index is 1340. The third kappa shape index (κ3) is 4.93. The summed E-state index contributed by atoms with van der Waals surface area (Å²) in [6, 6.07) is 13.5. The number of aromatic nitrogens is 4. The maximum absolute atomic E-state index is 13.8. The van der Waals surface area contributed by atoms with Crippen LogP contribution in [0.3, 0.4) is 0 Å². The fourth-order valence-electron chi connectivity index (χ4n) is 4.58. The van der Waals surface area contributed by atoms with Crippen LogP contribution in [0.4, 0.5) is 5.69 Å². The Morgan fingerprint density at radius 1 is 1.11 bits per heavy atom. The summed E-state index contributed by atoms with van der Waals surface area (Å²) in [4.78, 5) is 30.2. The molecule has 0 radical (unpaired) electrons. The number of benzene rings is 1. The first-order chi connectivity index (χ1) is 17.5. The number of hydrogen-bond donors (Lipinski definition) is 1. The highest BCUT2D eigenvalue weighted by molar-refractivity contribution is 6.01. The van der Waals surface area contributed by atoms with Crippen molar-refractivity contribution in [2.75, 3.05) is 4.90 Å². The van der Waals surface area contributed by atoms with Gasteiger partial charge < -0.3 is 14.2 Å². The van der Waals surface area contributed by atoms with Gasteiger partial charge in [-0.25, -0.2) is 0 Å². The molecule has 1 aliphatic rings. The molecular formula is C26H28N6O4. The lowest BCUT2D eigenvalue weighted by atomic mass is 10.1. The Morgan fingerprint density at radius 3 is 2.61 bits per heavy atom. The van der Waals surface area contributed by atoms with Crippen molar-refractivity contribution in [1.82, 2.24) is 25.5 Å². The van der Waals surface area contributed by atoms with E-state index in [1.807, 2.05) is 38.1 Å². The molecule has 5 rings (SSSR count). The van der Waals surface area contributed by atoms with Crippen molar-refractivity contribution in [2.45, 2.75) is 58.2 Å². The molecule has 186 valence electrons. The van der Waals surface area contributed by atoms with Gasteiger partial charge in [-0.05, 0) is 67.8 Å². The van der Waals surface area contributed by atoms with Gasteiger partial charge in [0.2, 0.25) is 5.82 Å². The summed E-state index contributed by atoms with van der Waals surface area (Å²) >= 11 is 0. The van der Waals surface area contributed by atoms with Gasteiger partial charge in [-0.15, -0.1) is 10.2 Å². The zero-order valence-electron chi connectivity index (χ0n) is 20.3. The first kappa shape index (κ1) is 23.5. The highest BCUT2D eigenvalue weighted by atomic mass is 16.3. The topological polar surface area (TPSA) is 119 Å². The number of nitrogens with zero attached hydrogens (tertiary/aromatic N) is 5. The number of aryl methyl sites for hydroxylation is 2. The lowest BCUT2D eigenvalue weighted by Crippen LogP contribution is -2.47. The van der Waals surface area contributed by atoms with E-state index in [0.29, 0.717) is 17.2 Å². The molecule has 1 saturated carbocycles. The van der Waals surface area contributed by atoms with Crippen molar-refractivity contribution in [1.29, 1.82) is 0 Å². The number of hydrogen-bond acceptors (Lipinski definition) is 7. The maximum Gasteiger partial charge on any atom is 0.251 e. The number of nitrogens with one attached hydrogen (secondary N) is 1. The monoisotopic (exact) mass is 488 g/mol. The highest BCUT2D eigenvalue weighted by Crippen LogP contribution is 2.32. The Balaban J connectivity index is 1.48. The van der Waals surface area contributed by atoms with Crippen molar-refractivity contribution in [3.63, 3.8) is 0 Å². The van der Waals surface area contributed by atoms with E-state index in [-0.39, 0.29) is 30.2 Å². The van der Waals surface area contributed by atoms with Crippen molar-refractivity contribution < 1.29 is 18.4 Å². The number of furan rings is 2. The minimum Gasteiger partial charge on any atom is -0.467 e. The Kier molecular flexibility index (Phi) is 6.66. The summed E-state index contributed by atoms with van der Waals surface area (Å²) in [6.07, 6.45) is 5.50. The van der Waals surface area contributed by atoms with E-state index in [2.05, 4.69) is 20.7 Å². The van der Waals surface area contributed by atoms with Gasteiger partial charge >= 0.3 is 0 Å². The van der Waals surface area contributed by atoms with Crippen LogP contribution < -0.4 is 10.2 Å². The standard InChI is InChI=1S/C26H28N6O4/c1-17-8-3-6-11-20(17)32(23(33)16-31-29-25(28-30-31)22-14-13-18(2)36-22)24(21-12-7-15-35-21)26(34)27-19-9-4-5-10-19/h3,6-8,11-15,19,24H,4-5,9-10,16H2,1-2H3,(H,27,34)/t24-/m0/s1. The van der Waals surface area contributed by atoms with Crippen LogP contribution in [-0.4, -0.2) is 38.1 Å². The fraction of sp³-hybridized carbons (Fsp3) is 0.346. The van der Waals surface area contributed by atoms with Gasteiger partial charge in [0.05, 0.1) is 6.26 Å². The lowest BCUT2D eigenvalue weighted by molar-refractivity contribution is -0.128. The van der Waals surface area contributed by atoms with Gasteiger partial charge in [0, 0.05) is 11.7 Å². The van der Waals surface area contributed by atoms with Crippen LogP contribution in [0.2, 0.25) is 0 Å². The zero-order valence-corrected chi connectivity index (χ0v) is 20.3. The van der Waals surface area contributed by atoms with Crippen molar-refractivity contribution >= 4 is 17.5 Å². The molecule has 1 N–H and O–H groups in total. The van der Waals surface area contributed by atoms with Gasteiger partial charge in [-0.3, -0.25) is 14.5 Å². The second-order valence-electron chi connectivity index (χ2n) is 9.01. The van der Waals surface area contributed by atoms with E-state index in [4.69, 9.17) is 8.83 Å². The van der Waals surface area contributed by atoms with Crippen LogP contribution in [0.1, 0.15) is 48.8 Å². The van der Waals surface area contributed by atoms with Crippen LogP contribution in [-0.2, 0) is 16.1 Å². The second-order valence-corrected chi connectivity index (χ2v) is 9.01. The molecule has 1 fully saturated rings. The lowest BCUT2D eigenvalue weighted by Gasteiger charge is -2.31. The normalized spacial score (nSPS) is 14.6. The van der Waals surface area contributed by atoms with Gasteiger partial charge in [0.25, 0.3) is 11.8 Å². The number of anilines is 1. The minimum atomic E-state index is -0.995.